The Bertz CT molecular complexity index is 544. The van der Waals surface area contributed by atoms with Crippen molar-refractivity contribution >= 4 is 28.7 Å². The van der Waals surface area contributed by atoms with Crippen LogP contribution in [0, 0.1) is 14.9 Å². The molecule has 4 nitrogen and oxygen atoms in total. The van der Waals surface area contributed by atoms with Crippen LogP contribution in [-0.2, 0) is 11.3 Å². The topological polar surface area (TPSA) is 53.3 Å². The molecule has 21 heavy (non-hydrogen) atoms. The summed E-state index contributed by atoms with van der Waals surface area (Å²) in [6.07, 6.45) is 0.538. The first kappa shape index (κ1) is 17.8. The molecule has 0 aliphatic rings. The zero-order valence-electron chi connectivity index (χ0n) is 12.9. The molecule has 0 aliphatic carbocycles. The molecule has 0 radical (unpaired) electrons. The number of benzene rings is 1. The summed E-state index contributed by atoms with van der Waals surface area (Å²) in [5, 5.41) is 9.03. The molecule has 0 unspecified atom stereocenters. The number of nitriles is 1. The molecular weight excluding hydrogens is 379 g/mol. The van der Waals surface area contributed by atoms with Crippen molar-refractivity contribution in [2.45, 2.75) is 46.3 Å². The molecular formula is C16H21IN2O2. The zero-order chi connectivity index (χ0) is 16.0. The van der Waals surface area contributed by atoms with Crippen molar-refractivity contribution in [3.05, 3.63) is 32.9 Å². The molecule has 0 atom stereocenters. The smallest absolute Gasteiger partial charge is 0.410 e. The quantitative estimate of drug-likeness (QED) is 0.708. The Morgan fingerprint density at radius 2 is 2.05 bits per heavy atom. The first-order chi connectivity index (χ1) is 9.75. The molecule has 1 aromatic carbocycles. The van der Waals surface area contributed by atoms with Gasteiger partial charge in [0, 0.05) is 16.7 Å². The minimum absolute atomic E-state index is 0.318. The van der Waals surface area contributed by atoms with E-state index in [1.165, 1.54) is 0 Å². The van der Waals surface area contributed by atoms with Crippen molar-refractivity contribution in [3.63, 3.8) is 0 Å². The highest BCUT2D eigenvalue weighted by Gasteiger charge is 2.21. The van der Waals surface area contributed by atoms with E-state index in [9.17, 15) is 4.79 Å². The van der Waals surface area contributed by atoms with Crippen molar-refractivity contribution in [1.29, 1.82) is 5.26 Å². The summed E-state index contributed by atoms with van der Waals surface area (Å²) < 4.78 is 6.42. The average molecular weight is 400 g/mol. The van der Waals surface area contributed by atoms with Gasteiger partial charge in [-0.25, -0.2) is 4.79 Å². The lowest BCUT2D eigenvalue weighted by molar-refractivity contribution is 0.0233. The third-order valence-corrected chi connectivity index (χ3v) is 3.23. The van der Waals surface area contributed by atoms with Gasteiger partial charge in [0.1, 0.15) is 5.60 Å². The standard InChI is InChI=1S/C16H21IN2O2/c1-5-6-19(15(20)21-16(2,3)4)11-13-7-12(10-18)8-14(17)9-13/h7-9H,5-6,11H2,1-4H3. The highest BCUT2D eigenvalue weighted by Crippen LogP contribution is 2.16. The Labute approximate surface area is 140 Å². The predicted octanol–water partition coefficient (Wildman–Crippen LogP) is 4.31. The third-order valence-electron chi connectivity index (χ3n) is 2.61. The average Bonchev–Trinajstić information content (AvgIpc) is 2.35. The van der Waals surface area contributed by atoms with Crippen LogP contribution in [0.3, 0.4) is 0 Å². The zero-order valence-corrected chi connectivity index (χ0v) is 15.1. The number of nitrogens with zero attached hydrogens (tertiary/aromatic N) is 2. The van der Waals surface area contributed by atoms with E-state index in [-0.39, 0.29) is 6.09 Å². The van der Waals surface area contributed by atoms with Gasteiger partial charge in [-0.15, -0.1) is 0 Å². The van der Waals surface area contributed by atoms with Gasteiger partial charge >= 0.3 is 6.09 Å². The lowest BCUT2D eigenvalue weighted by Gasteiger charge is -2.27. The Kier molecular flexibility index (Phi) is 6.46. The van der Waals surface area contributed by atoms with Crippen LogP contribution in [0.15, 0.2) is 18.2 Å². The van der Waals surface area contributed by atoms with E-state index in [1.807, 2.05) is 45.9 Å². The van der Waals surface area contributed by atoms with Crippen molar-refractivity contribution in [1.82, 2.24) is 4.90 Å². The molecule has 0 heterocycles. The Balaban J connectivity index is 2.90. The highest BCUT2D eigenvalue weighted by atomic mass is 127. The van der Waals surface area contributed by atoms with Crippen molar-refractivity contribution < 1.29 is 9.53 Å². The van der Waals surface area contributed by atoms with Gasteiger partial charge in [0.2, 0.25) is 0 Å². The summed E-state index contributed by atoms with van der Waals surface area (Å²) >= 11 is 2.18. The van der Waals surface area contributed by atoms with Gasteiger partial charge in [0.05, 0.1) is 11.6 Å². The first-order valence-corrected chi connectivity index (χ1v) is 8.00. The van der Waals surface area contributed by atoms with Crippen LogP contribution in [0.4, 0.5) is 4.79 Å². The molecule has 0 aromatic heterocycles. The predicted molar refractivity (Wildman–Crippen MR) is 90.8 cm³/mol. The van der Waals surface area contributed by atoms with E-state index in [1.54, 1.807) is 4.90 Å². The van der Waals surface area contributed by atoms with Crippen molar-refractivity contribution in [2.75, 3.05) is 6.54 Å². The number of hydrogen-bond donors (Lipinski definition) is 0. The van der Waals surface area contributed by atoms with Crippen LogP contribution < -0.4 is 0 Å². The van der Waals surface area contributed by atoms with Gasteiger partial charge in [-0.3, -0.25) is 0 Å². The summed E-state index contributed by atoms with van der Waals surface area (Å²) in [5.41, 5.74) is 1.04. The SMILES string of the molecule is CCCN(Cc1cc(I)cc(C#N)c1)C(=O)OC(C)(C)C. The highest BCUT2D eigenvalue weighted by molar-refractivity contribution is 14.1. The molecule has 5 heteroatoms. The maximum Gasteiger partial charge on any atom is 0.410 e. The lowest BCUT2D eigenvalue weighted by Crippen LogP contribution is -2.36. The second-order valence-electron chi connectivity index (χ2n) is 5.86. The Morgan fingerprint density at radius 3 is 2.57 bits per heavy atom. The largest absolute Gasteiger partial charge is 0.444 e. The molecule has 0 saturated heterocycles. The summed E-state index contributed by atoms with van der Waals surface area (Å²) in [6, 6.07) is 7.76. The van der Waals surface area contributed by atoms with Gasteiger partial charge in [0.15, 0.2) is 0 Å². The molecule has 114 valence electrons. The summed E-state index contributed by atoms with van der Waals surface area (Å²) in [4.78, 5) is 13.9. The fourth-order valence-corrected chi connectivity index (χ4v) is 2.59. The summed E-state index contributed by atoms with van der Waals surface area (Å²) in [7, 11) is 0. The molecule has 0 saturated carbocycles. The van der Waals surface area contributed by atoms with Gasteiger partial charge in [-0.05, 0) is 73.5 Å². The summed E-state index contributed by atoms with van der Waals surface area (Å²) in [6.45, 7) is 8.67. The molecule has 0 bridgehead atoms. The van der Waals surface area contributed by atoms with E-state index in [0.29, 0.717) is 18.7 Å². The molecule has 0 N–H and O–H groups in total. The second-order valence-corrected chi connectivity index (χ2v) is 7.11. The van der Waals surface area contributed by atoms with E-state index < -0.39 is 5.60 Å². The van der Waals surface area contributed by atoms with Gasteiger partial charge in [-0.1, -0.05) is 6.92 Å². The van der Waals surface area contributed by atoms with Gasteiger partial charge in [-0.2, -0.15) is 5.26 Å². The van der Waals surface area contributed by atoms with E-state index in [4.69, 9.17) is 10.00 Å². The number of rotatable bonds is 4. The van der Waals surface area contributed by atoms with Crippen molar-refractivity contribution in [2.24, 2.45) is 0 Å². The van der Waals surface area contributed by atoms with Crippen molar-refractivity contribution in [3.8, 4) is 6.07 Å². The number of carbonyl (C=O) groups excluding carboxylic acids is 1. The van der Waals surface area contributed by atoms with Crippen LogP contribution >= 0.6 is 22.6 Å². The molecule has 0 spiro atoms. The van der Waals surface area contributed by atoms with E-state index in [2.05, 4.69) is 28.7 Å². The van der Waals surface area contributed by atoms with E-state index in [0.717, 1.165) is 15.6 Å². The number of carbonyl (C=O) groups is 1. The van der Waals surface area contributed by atoms with Crippen LogP contribution in [0.25, 0.3) is 0 Å². The number of hydrogen-bond acceptors (Lipinski definition) is 3. The summed E-state index contributed by atoms with van der Waals surface area (Å²) in [5.74, 6) is 0. The van der Waals surface area contributed by atoms with Crippen LogP contribution in [0.5, 0.6) is 0 Å². The van der Waals surface area contributed by atoms with Gasteiger partial charge < -0.3 is 9.64 Å². The van der Waals surface area contributed by atoms with E-state index >= 15 is 0 Å². The molecule has 1 amide bonds. The van der Waals surface area contributed by atoms with Crippen LogP contribution in [-0.4, -0.2) is 23.1 Å². The Hall–Kier alpha value is -1.29. The minimum Gasteiger partial charge on any atom is -0.444 e. The maximum atomic E-state index is 12.2. The minimum atomic E-state index is -0.508. The number of amides is 1. The normalized spacial score (nSPS) is 10.9. The maximum absolute atomic E-state index is 12.2. The number of ether oxygens (including phenoxy) is 1. The fraction of sp³-hybridized carbons (Fsp3) is 0.500. The molecule has 0 aliphatic heterocycles. The lowest BCUT2D eigenvalue weighted by atomic mass is 10.1. The Morgan fingerprint density at radius 1 is 1.38 bits per heavy atom. The fourth-order valence-electron chi connectivity index (χ4n) is 1.86. The molecule has 1 aromatic rings. The molecule has 1 rings (SSSR count). The van der Waals surface area contributed by atoms with Crippen LogP contribution in [0.1, 0.15) is 45.2 Å². The monoisotopic (exact) mass is 400 g/mol. The first-order valence-electron chi connectivity index (χ1n) is 6.92. The van der Waals surface area contributed by atoms with Gasteiger partial charge in [0.25, 0.3) is 0 Å². The second kappa shape index (κ2) is 7.64. The molecule has 0 fully saturated rings. The number of halogens is 1. The van der Waals surface area contributed by atoms with Crippen LogP contribution in [0.2, 0.25) is 0 Å². The third kappa shape index (κ3) is 6.34.